The number of carbonyl (C=O) groups excluding carboxylic acids is 1. The first-order chi connectivity index (χ1) is 8.91. The van der Waals surface area contributed by atoms with E-state index < -0.39 is 11.5 Å². The topological polar surface area (TPSA) is 85.3 Å². The van der Waals surface area contributed by atoms with E-state index in [2.05, 4.69) is 0 Å². The predicted octanol–water partition coefficient (Wildman–Crippen LogP) is 1.17. The Morgan fingerprint density at radius 2 is 1.84 bits per heavy atom. The van der Waals surface area contributed by atoms with Gasteiger partial charge in [0, 0.05) is 18.3 Å². The second-order valence-corrected chi connectivity index (χ2v) is 4.33. The third kappa shape index (κ3) is 2.22. The number of amides is 1. The maximum absolute atomic E-state index is 11.9. The molecular weight excluding hydrogens is 244 g/mol. The molecule has 98 valence electrons. The number of primary amides is 1. The van der Waals surface area contributed by atoms with Crippen LogP contribution >= 0.6 is 0 Å². The minimum Gasteiger partial charge on any atom is -0.508 e. The Bertz CT molecular complexity index is 700. The highest BCUT2D eigenvalue weighted by Crippen LogP contribution is 2.24. The molecule has 0 bridgehead atoms. The predicted molar refractivity (Wildman–Crippen MR) is 72.0 cm³/mol. The Morgan fingerprint density at radius 3 is 2.37 bits per heavy atom. The van der Waals surface area contributed by atoms with Crippen molar-refractivity contribution in [3.63, 3.8) is 0 Å². The maximum Gasteiger partial charge on any atom is 0.263 e. The quantitative estimate of drug-likeness (QED) is 0.847. The number of nitrogens with zero attached hydrogens (tertiary/aromatic N) is 1. The molecule has 1 aromatic carbocycles. The van der Waals surface area contributed by atoms with Crippen LogP contribution in [0, 0.1) is 6.92 Å². The van der Waals surface area contributed by atoms with Crippen LogP contribution in [0.1, 0.15) is 16.1 Å². The van der Waals surface area contributed by atoms with Gasteiger partial charge in [0.25, 0.3) is 11.5 Å². The van der Waals surface area contributed by atoms with Crippen LogP contribution in [-0.2, 0) is 7.05 Å². The minimum atomic E-state index is -0.749. The van der Waals surface area contributed by atoms with Crippen molar-refractivity contribution in [1.82, 2.24) is 4.57 Å². The summed E-state index contributed by atoms with van der Waals surface area (Å²) < 4.78 is 1.39. The molecule has 19 heavy (non-hydrogen) atoms. The molecule has 3 N–H and O–H groups in total. The SMILES string of the molecule is Cc1c(-c2ccc(O)cc2)cc(C(N)=O)c(=O)n1C. The Kier molecular flexibility index (Phi) is 3.12. The van der Waals surface area contributed by atoms with Gasteiger partial charge >= 0.3 is 0 Å². The fourth-order valence-electron chi connectivity index (χ4n) is 1.93. The number of aromatic hydroxyl groups is 1. The van der Waals surface area contributed by atoms with Crippen molar-refractivity contribution in [3.05, 3.63) is 51.9 Å². The smallest absolute Gasteiger partial charge is 0.263 e. The molecular formula is C14H14N2O3. The number of hydrogen-bond acceptors (Lipinski definition) is 3. The summed E-state index contributed by atoms with van der Waals surface area (Å²) in [5.41, 5.74) is 7.01. The number of phenolic OH excluding ortho intramolecular Hbond substituents is 1. The Labute approximate surface area is 109 Å². The molecule has 0 aliphatic carbocycles. The van der Waals surface area contributed by atoms with Crippen molar-refractivity contribution in [1.29, 1.82) is 0 Å². The molecule has 0 spiro atoms. The lowest BCUT2D eigenvalue weighted by atomic mass is 10.0. The fourth-order valence-corrected chi connectivity index (χ4v) is 1.93. The van der Waals surface area contributed by atoms with Gasteiger partial charge in [-0.15, -0.1) is 0 Å². The first-order valence-corrected chi connectivity index (χ1v) is 5.71. The zero-order valence-electron chi connectivity index (χ0n) is 10.7. The highest BCUT2D eigenvalue weighted by Gasteiger charge is 2.14. The number of hydrogen-bond donors (Lipinski definition) is 2. The standard InChI is InChI=1S/C14H14N2O3/c1-8-11(9-3-5-10(17)6-4-9)7-12(13(15)18)14(19)16(8)2/h3-7,17H,1-2H3,(H2,15,18). The molecule has 1 amide bonds. The lowest BCUT2D eigenvalue weighted by Crippen LogP contribution is -2.29. The normalized spacial score (nSPS) is 10.4. The van der Waals surface area contributed by atoms with Crippen molar-refractivity contribution in [2.75, 3.05) is 0 Å². The van der Waals surface area contributed by atoms with Crippen LogP contribution in [0.4, 0.5) is 0 Å². The maximum atomic E-state index is 11.9. The summed E-state index contributed by atoms with van der Waals surface area (Å²) in [4.78, 5) is 23.2. The number of carbonyl (C=O) groups is 1. The summed E-state index contributed by atoms with van der Waals surface area (Å²) >= 11 is 0. The van der Waals surface area contributed by atoms with Crippen LogP contribution < -0.4 is 11.3 Å². The number of pyridine rings is 1. The molecule has 0 unspecified atom stereocenters. The zero-order valence-corrected chi connectivity index (χ0v) is 10.7. The van der Waals surface area contributed by atoms with Gasteiger partial charge in [-0.25, -0.2) is 0 Å². The summed E-state index contributed by atoms with van der Waals surface area (Å²) in [6, 6.07) is 8.01. The lowest BCUT2D eigenvalue weighted by molar-refractivity contribution is 0.0998. The number of benzene rings is 1. The van der Waals surface area contributed by atoms with E-state index in [1.807, 2.05) is 0 Å². The number of rotatable bonds is 2. The van der Waals surface area contributed by atoms with Crippen LogP contribution in [0.2, 0.25) is 0 Å². The largest absolute Gasteiger partial charge is 0.508 e. The van der Waals surface area contributed by atoms with Gasteiger partial charge in [-0.2, -0.15) is 0 Å². The number of nitrogens with two attached hydrogens (primary N) is 1. The van der Waals surface area contributed by atoms with Crippen LogP contribution in [0.3, 0.4) is 0 Å². The van der Waals surface area contributed by atoms with E-state index in [9.17, 15) is 14.7 Å². The van der Waals surface area contributed by atoms with Gasteiger partial charge in [-0.1, -0.05) is 12.1 Å². The van der Waals surface area contributed by atoms with E-state index >= 15 is 0 Å². The molecule has 0 saturated carbocycles. The lowest BCUT2D eigenvalue weighted by Gasteiger charge is -2.12. The van der Waals surface area contributed by atoms with Gasteiger partial charge in [-0.05, 0) is 30.7 Å². The zero-order chi connectivity index (χ0) is 14.2. The summed E-state index contributed by atoms with van der Waals surface area (Å²) in [6.07, 6.45) is 0. The average Bonchev–Trinajstić information content (AvgIpc) is 2.37. The van der Waals surface area contributed by atoms with Crippen LogP contribution in [0.25, 0.3) is 11.1 Å². The second kappa shape index (κ2) is 4.61. The van der Waals surface area contributed by atoms with E-state index in [1.165, 1.54) is 10.6 Å². The Hall–Kier alpha value is -2.56. The molecule has 2 aromatic rings. The van der Waals surface area contributed by atoms with Gasteiger partial charge in [0.2, 0.25) is 0 Å². The molecule has 1 aromatic heterocycles. The molecule has 0 radical (unpaired) electrons. The molecule has 0 atom stereocenters. The third-order valence-corrected chi connectivity index (χ3v) is 3.16. The Morgan fingerprint density at radius 1 is 1.26 bits per heavy atom. The van der Waals surface area contributed by atoms with Crippen molar-refractivity contribution < 1.29 is 9.90 Å². The molecule has 0 aliphatic heterocycles. The highest BCUT2D eigenvalue weighted by molar-refractivity contribution is 5.94. The number of aromatic nitrogens is 1. The molecule has 0 fully saturated rings. The number of phenols is 1. The Balaban J connectivity index is 2.74. The minimum absolute atomic E-state index is 0.0452. The fraction of sp³-hybridized carbons (Fsp3) is 0.143. The first kappa shape index (κ1) is 12.9. The van der Waals surface area contributed by atoms with Crippen LogP contribution in [0.5, 0.6) is 5.75 Å². The second-order valence-electron chi connectivity index (χ2n) is 4.33. The highest BCUT2D eigenvalue weighted by atomic mass is 16.3. The first-order valence-electron chi connectivity index (χ1n) is 5.71. The molecule has 1 heterocycles. The average molecular weight is 258 g/mol. The summed E-state index contributed by atoms with van der Waals surface area (Å²) in [6.45, 7) is 1.79. The molecule has 5 nitrogen and oxygen atoms in total. The van der Waals surface area contributed by atoms with E-state index in [-0.39, 0.29) is 11.3 Å². The van der Waals surface area contributed by atoms with Crippen molar-refractivity contribution in [2.24, 2.45) is 12.8 Å². The van der Waals surface area contributed by atoms with Gasteiger partial charge in [0.15, 0.2) is 0 Å². The molecule has 2 rings (SSSR count). The van der Waals surface area contributed by atoms with Gasteiger partial charge < -0.3 is 15.4 Å². The van der Waals surface area contributed by atoms with E-state index in [4.69, 9.17) is 5.73 Å². The molecule has 0 aliphatic rings. The van der Waals surface area contributed by atoms with E-state index in [1.54, 1.807) is 38.2 Å². The van der Waals surface area contributed by atoms with Crippen molar-refractivity contribution in [2.45, 2.75) is 6.92 Å². The van der Waals surface area contributed by atoms with Gasteiger partial charge in [0.05, 0.1) is 0 Å². The summed E-state index contributed by atoms with van der Waals surface area (Å²) in [5, 5.41) is 9.29. The van der Waals surface area contributed by atoms with Crippen LogP contribution in [0.15, 0.2) is 35.1 Å². The van der Waals surface area contributed by atoms with Crippen molar-refractivity contribution in [3.8, 4) is 16.9 Å². The van der Waals surface area contributed by atoms with Crippen molar-refractivity contribution >= 4 is 5.91 Å². The van der Waals surface area contributed by atoms with E-state index in [0.29, 0.717) is 0 Å². The van der Waals surface area contributed by atoms with E-state index in [0.717, 1.165) is 16.8 Å². The molecule has 5 heteroatoms. The monoisotopic (exact) mass is 258 g/mol. The summed E-state index contributed by atoms with van der Waals surface area (Å²) in [7, 11) is 1.59. The molecule has 0 saturated heterocycles. The third-order valence-electron chi connectivity index (χ3n) is 3.16. The van der Waals surface area contributed by atoms with Gasteiger partial charge in [0.1, 0.15) is 11.3 Å². The van der Waals surface area contributed by atoms with Crippen LogP contribution in [-0.4, -0.2) is 15.6 Å². The summed E-state index contributed by atoms with van der Waals surface area (Å²) in [5.74, 6) is -0.595. The van der Waals surface area contributed by atoms with Gasteiger partial charge in [-0.3, -0.25) is 9.59 Å².